The highest BCUT2D eigenvalue weighted by molar-refractivity contribution is 5.99. The Balaban J connectivity index is 2.44. The average Bonchev–Trinajstić information content (AvgIpc) is 2.37. The van der Waals surface area contributed by atoms with Gasteiger partial charge in [-0.05, 0) is 31.0 Å². The highest BCUT2D eigenvalue weighted by Gasteiger charge is 2.32. The molecule has 0 radical (unpaired) electrons. The summed E-state index contributed by atoms with van der Waals surface area (Å²) in [5.74, 6) is 0.698. The van der Waals surface area contributed by atoms with Crippen molar-refractivity contribution in [3.63, 3.8) is 0 Å². The quantitative estimate of drug-likeness (QED) is 0.867. The molecule has 0 saturated carbocycles. The first-order chi connectivity index (χ1) is 8.21. The van der Waals surface area contributed by atoms with Crippen LogP contribution in [-0.2, 0) is 11.4 Å². The van der Waals surface area contributed by atoms with Gasteiger partial charge in [0.1, 0.15) is 5.75 Å². The van der Waals surface area contributed by atoms with Gasteiger partial charge in [-0.2, -0.15) is 0 Å². The number of fused-ring (bicyclic) bond motifs is 1. The molecule has 0 saturated heterocycles. The van der Waals surface area contributed by atoms with Crippen molar-refractivity contribution < 1.29 is 14.6 Å². The average molecular weight is 235 g/mol. The van der Waals surface area contributed by atoms with E-state index in [2.05, 4.69) is 0 Å². The summed E-state index contributed by atoms with van der Waals surface area (Å²) in [7, 11) is 0. The zero-order valence-electron chi connectivity index (χ0n) is 10.1. The molecule has 1 aromatic carbocycles. The molecule has 1 aliphatic heterocycles. The second-order valence-corrected chi connectivity index (χ2v) is 4.06. The Bertz CT molecular complexity index is 431. The Morgan fingerprint density at radius 2 is 2.18 bits per heavy atom. The van der Waals surface area contributed by atoms with Crippen LogP contribution in [0.3, 0.4) is 0 Å². The van der Waals surface area contributed by atoms with Crippen LogP contribution >= 0.6 is 0 Å². The van der Waals surface area contributed by atoms with Crippen molar-refractivity contribution in [2.24, 2.45) is 0 Å². The summed E-state index contributed by atoms with van der Waals surface area (Å²) < 4.78 is 5.67. The maximum atomic E-state index is 12.1. The summed E-state index contributed by atoms with van der Waals surface area (Å²) in [5.41, 5.74) is 1.59. The molecule has 0 bridgehead atoms. The van der Waals surface area contributed by atoms with Crippen molar-refractivity contribution in [2.45, 2.75) is 33.0 Å². The van der Waals surface area contributed by atoms with E-state index in [0.29, 0.717) is 18.7 Å². The van der Waals surface area contributed by atoms with Crippen molar-refractivity contribution in [3.8, 4) is 5.75 Å². The summed E-state index contributed by atoms with van der Waals surface area (Å²) in [6.07, 6.45) is 0.245. The standard InChI is InChI=1S/C13H17NO3/c1-3-11-13(16)14(4-2)10-6-5-9(8-15)7-12(10)17-11/h5-7,11,15H,3-4,8H2,1-2H3. The predicted octanol–water partition coefficient (Wildman–Crippen LogP) is 1.70. The van der Waals surface area contributed by atoms with Gasteiger partial charge in [-0.25, -0.2) is 0 Å². The highest BCUT2D eigenvalue weighted by atomic mass is 16.5. The van der Waals surface area contributed by atoms with Gasteiger partial charge in [0, 0.05) is 6.54 Å². The number of ether oxygens (including phenoxy) is 1. The van der Waals surface area contributed by atoms with E-state index in [4.69, 9.17) is 9.84 Å². The van der Waals surface area contributed by atoms with Gasteiger partial charge in [0.15, 0.2) is 6.10 Å². The van der Waals surface area contributed by atoms with E-state index >= 15 is 0 Å². The SMILES string of the molecule is CCC1Oc2cc(CO)ccc2N(CC)C1=O. The Hall–Kier alpha value is -1.55. The summed E-state index contributed by atoms with van der Waals surface area (Å²) in [6, 6.07) is 5.44. The first kappa shape index (κ1) is 11.9. The molecule has 4 heteroatoms. The predicted molar refractivity (Wildman–Crippen MR) is 65.1 cm³/mol. The van der Waals surface area contributed by atoms with Gasteiger partial charge in [-0.1, -0.05) is 13.0 Å². The number of amides is 1. The largest absolute Gasteiger partial charge is 0.478 e. The Morgan fingerprint density at radius 3 is 2.76 bits per heavy atom. The zero-order valence-corrected chi connectivity index (χ0v) is 10.1. The van der Waals surface area contributed by atoms with E-state index in [1.54, 1.807) is 11.0 Å². The molecule has 1 aromatic rings. The molecule has 1 N–H and O–H groups in total. The van der Waals surface area contributed by atoms with Gasteiger partial charge >= 0.3 is 0 Å². The van der Waals surface area contributed by atoms with Crippen LogP contribution in [0.2, 0.25) is 0 Å². The lowest BCUT2D eigenvalue weighted by molar-refractivity contribution is -0.126. The number of benzene rings is 1. The van der Waals surface area contributed by atoms with Crippen molar-refractivity contribution >= 4 is 11.6 Å². The number of carbonyl (C=O) groups excluding carboxylic acids is 1. The Labute approximate surface area is 101 Å². The molecule has 1 aliphatic rings. The topological polar surface area (TPSA) is 49.8 Å². The van der Waals surface area contributed by atoms with E-state index in [1.165, 1.54) is 0 Å². The minimum Gasteiger partial charge on any atom is -0.478 e. The summed E-state index contributed by atoms with van der Waals surface area (Å²) in [6.45, 7) is 4.48. The molecule has 1 amide bonds. The number of likely N-dealkylation sites (N-methyl/N-ethyl adjacent to an activating group) is 1. The lowest BCUT2D eigenvalue weighted by atomic mass is 10.1. The fraction of sp³-hybridized carbons (Fsp3) is 0.462. The van der Waals surface area contributed by atoms with Crippen molar-refractivity contribution in [2.75, 3.05) is 11.4 Å². The zero-order chi connectivity index (χ0) is 12.4. The number of aliphatic hydroxyl groups is 1. The van der Waals surface area contributed by atoms with Crippen LogP contribution in [0, 0.1) is 0 Å². The number of hydrogen-bond acceptors (Lipinski definition) is 3. The van der Waals surface area contributed by atoms with Crippen LogP contribution < -0.4 is 9.64 Å². The van der Waals surface area contributed by atoms with E-state index in [1.807, 2.05) is 26.0 Å². The van der Waals surface area contributed by atoms with Gasteiger partial charge in [-0.3, -0.25) is 4.79 Å². The third-order valence-electron chi connectivity index (χ3n) is 3.00. The van der Waals surface area contributed by atoms with Gasteiger partial charge in [0.2, 0.25) is 0 Å². The lowest BCUT2D eigenvalue weighted by Gasteiger charge is -2.33. The van der Waals surface area contributed by atoms with Gasteiger partial charge in [0.25, 0.3) is 5.91 Å². The van der Waals surface area contributed by atoms with Gasteiger partial charge in [-0.15, -0.1) is 0 Å². The van der Waals surface area contributed by atoms with E-state index in [9.17, 15) is 4.79 Å². The van der Waals surface area contributed by atoms with Crippen LogP contribution in [0.15, 0.2) is 18.2 Å². The van der Waals surface area contributed by atoms with Crippen molar-refractivity contribution in [1.82, 2.24) is 0 Å². The van der Waals surface area contributed by atoms with E-state index in [-0.39, 0.29) is 12.5 Å². The van der Waals surface area contributed by atoms with Crippen LogP contribution in [0.1, 0.15) is 25.8 Å². The van der Waals surface area contributed by atoms with E-state index < -0.39 is 6.10 Å². The fourth-order valence-corrected chi connectivity index (χ4v) is 2.05. The number of aliphatic hydroxyl groups excluding tert-OH is 1. The maximum absolute atomic E-state index is 12.1. The molecule has 0 aromatic heterocycles. The molecule has 1 unspecified atom stereocenters. The summed E-state index contributed by atoms with van der Waals surface area (Å²) in [5, 5.41) is 9.10. The van der Waals surface area contributed by atoms with Gasteiger partial charge < -0.3 is 14.7 Å². The number of carbonyl (C=O) groups is 1. The molecule has 0 aliphatic carbocycles. The number of hydrogen-bond donors (Lipinski definition) is 1. The minimum absolute atomic E-state index is 0.0132. The van der Waals surface area contributed by atoms with Crippen LogP contribution in [-0.4, -0.2) is 23.7 Å². The first-order valence-corrected chi connectivity index (χ1v) is 5.93. The first-order valence-electron chi connectivity index (χ1n) is 5.93. The van der Waals surface area contributed by atoms with Crippen LogP contribution in [0.25, 0.3) is 0 Å². The van der Waals surface area contributed by atoms with Crippen molar-refractivity contribution in [3.05, 3.63) is 23.8 Å². The number of rotatable bonds is 3. The second kappa shape index (κ2) is 4.75. The normalized spacial score (nSPS) is 18.9. The molecule has 0 spiro atoms. The molecule has 0 fully saturated rings. The monoisotopic (exact) mass is 235 g/mol. The molecule has 4 nitrogen and oxygen atoms in total. The second-order valence-electron chi connectivity index (χ2n) is 4.06. The third kappa shape index (κ3) is 2.00. The molecule has 92 valence electrons. The maximum Gasteiger partial charge on any atom is 0.268 e. The Morgan fingerprint density at radius 1 is 1.41 bits per heavy atom. The van der Waals surface area contributed by atoms with E-state index in [0.717, 1.165) is 11.3 Å². The molecule has 1 heterocycles. The minimum atomic E-state index is -0.406. The summed E-state index contributed by atoms with van der Waals surface area (Å²) >= 11 is 0. The molecule has 1 atom stereocenters. The molecule has 2 rings (SSSR count). The smallest absolute Gasteiger partial charge is 0.268 e. The number of anilines is 1. The number of nitrogens with zero attached hydrogens (tertiary/aromatic N) is 1. The third-order valence-corrected chi connectivity index (χ3v) is 3.00. The Kier molecular flexibility index (Phi) is 3.33. The van der Waals surface area contributed by atoms with Crippen LogP contribution in [0.5, 0.6) is 5.75 Å². The fourth-order valence-electron chi connectivity index (χ4n) is 2.05. The van der Waals surface area contributed by atoms with Crippen LogP contribution in [0.4, 0.5) is 5.69 Å². The van der Waals surface area contributed by atoms with Gasteiger partial charge in [0.05, 0.1) is 12.3 Å². The lowest BCUT2D eigenvalue weighted by Crippen LogP contribution is -2.45. The molecule has 17 heavy (non-hydrogen) atoms. The molecular weight excluding hydrogens is 218 g/mol. The highest BCUT2D eigenvalue weighted by Crippen LogP contribution is 2.35. The molecular formula is C13H17NO3. The van der Waals surface area contributed by atoms with Crippen molar-refractivity contribution in [1.29, 1.82) is 0 Å². The summed E-state index contributed by atoms with van der Waals surface area (Å²) in [4.78, 5) is 13.8.